The monoisotopic (exact) mass is 697 g/mol. The lowest BCUT2D eigenvalue weighted by Gasteiger charge is -2.29. The Morgan fingerprint density at radius 2 is 1.80 bits per heavy atom. The maximum atomic E-state index is 14.4. The molecule has 3 aliphatic rings. The molecule has 2 bridgehead atoms. The van der Waals surface area contributed by atoms with Crippen molar-refractivity contribution in [2.24, 2.45) is 11.3 Å². The molecule has 12 nitrogen and oxygen atoms in total. The van der Waals surface area contributed by atoms with Crippen LogP contribution in [0.25, 0.3) is 22.0 Å². The molecule has 0 radical (unpaired) electrons. The van der Waals surface area contributed by atoms with Crippen LogP contribution in [0.1, 0.15) is 81.2 Å². The number of rotatable bonds is 6. The van der Waals surface area contributed by atoms with Gasteiger partial charge >= 0.3 is 6.36 Å². The maximum Gasteiger partial charge on any atom is 0.522 e. The van der Waals surface area contributed by atoms with Gasteiger partial charge in [0.25, 0.3) is 0 Å². The molecule has 2 N–H and O–H groups in total. The molecule has 5 atom stereocenters. The summed E-state index contributed by atoms with van der Waals surface area (Å²) in [6.07, 6.45) is 3.00. The van der Waals surface area contributed by atoms with Crippen molar-refractivity contribution in [1.29, 1.82) is 0 Å². The summed E-state index contributed by atoms with van der Waals surface area (Å²) in [4.78, 5) is 64.0. The number of ketones is 1. The molecule has 3 amide bonds. The molecule has 6 rings (SSSR count). The topological polar surface area (TPSA) is 148 Å². The van der Waals surface area contributed by atoms with Gasteiger partial charge in [-0.3, -0.25) is 28.6 Å². The van der Waals surface area contributed by atoms with Crippen molar-refractivity contribution in [3.8, 4) is 11.1 Å². The number of alkyl halides is 3. The van der Waals surface area contributed by atoms with Crippen LogP contribution in [0, 0.1) is 18.3 Å². The first-order valence-electron chi connectivity index (χ1n) is 17.1. The van der Waals surface area contributed by atoms with E-state index in [-0.39, 0.29) is 48.9 Å². The van der Waals surface area contributed by atoms with Crippen molar-refractivity contribution in [2.75, 3.05) is 13.2 Å². The first-order valence-corrected chi connectivity index (χ1v) is 17.1. The first-order chi connectivity index (χ1) is 23.7. The van der Waals surface area contributed by atoms with Gasteiger partial charge in [0.1, 0.15) is 24.1 Å². The number of carbonyl (C=O) groups excluding carboxylic acids is 4. The van der Waals surface area contributed by atoms with Gasteiger partial charge in [0, 0.05) is 60.7 Å². The number of halogens is 3. The summed E-state index contributed by atoms with van der Waals surface area (Å²) in [5.41, 5.74) is 2.75. The molecular formula is C35H42F3N7O5. The highest BCUT2D eigenvalue weighted by Crippen LogP contribution is 2.64. The molecule has 3 aromatic rings. The molecule has 1 aliphatic carbocycles. The lowest BCUT2D eigenvalue weighted by atomic mass is 9.95. The number of Topliss-reactive ketones (excluding diaryl/α,β-unsaturated/α-hetero) is 1. The van der Waals surface area contributed by atoms with Crippen LogP contribution >= 0.6 is 0 Å². The van der Waals surface area contributed by atoms with Crippen LogP contribution in [0.5, 0.6) is 0 Å². The van der Waals surface area contributed by atoms with Crippen LogP contribution in [0.4, 0.5) is 13.2 Å². The summed E-state index contributed by atoms with van der Waals surface area (Å²) in [5.74, 6) is -0.815. The molecule has 15 heteroatoms. The van der Waals surface area contributed by atoms with E-state index in [1.54, 1.807) is 24.0 Å². The number of piperidine rings is 1. The molecule has 0 spiro atoms. The van der Waals surface area contributed by atoms with E-state index in [0.29, 0.717) is 36.0 Å². The lowest BCUT2D eigenvalue weighted by molar-refractivity contribution is -0.326. The Balaban J connectivity index is 1.39. The van der Waals surface area contributed by atoms with Gasteiger partial charge in [0.05, 0.1) is 12.1 Å². The molecule has 4 heterocycles. The standard InChI is InChI=1S/C35H42F3N7O5/c1-19(17-50-35(36,37)38)42-33(49)27-13-34-18-41-28(47)10-8-6-5-7-9-23-11-24(25-14-39-22(4)40-15-25)12-26-30(21(3)46)43-44(31(23)26)16-29(48)45(27)32(34)20(34)2/h11-12,14-15,19-20,27,32H,5-10,13,16-18H2,1-4H3,(H,41,47)(H,42,49)/t19-,20?,27-,32?,34+/m0/s1. The molecule has 2 fully saturated rings. The number of amides is 3. The number of hydrogen-bond donors (Lipinski definition) is 2. The largest absolute Gasteiger partial charge is 0.522 e. The maximum absolute atomic E-state index is 14.4. The molecule has 2 unspecified atom stereocenters. The molecule has 268 valence electrons. The van der Waals surface area contributed by atoms with Crippen LogP contribution in [0.15, 0.2) is 24.5 Å². The Morgan fingerprint density at radius 3 is 2.48 bits per heavy atom. The van der Waals surface area contributed by atoms with Crippen LogP contribution < -0.4 is 10.6 Å². The van der Waals surface area contributed by atoms with Gasteiger partial charge in [-0.15, -0.1) is 13.2 Å². The average Bonchev–Trinajstić information content (AvgIpc) is 3.32. The number of carbonyl (C=O) groups is 4. The number of ether oxygens (including phenoxy) is 1. The van der Waals surface area contributed by atoms with Crippen LogP contribution in [-0.4, -0.2) is 85.8 Å². The Kier molecular flexibility index (Phi) is 9.72. The third-order valence-electron chi connectivity index (χ3n) is 10.4. The van der Waals surface area contributed by atoms with E-state index < -0.39 is 42.3 Å². The van der Waals surface area contributed by atoms with Gasteiger partial charge in [-0.2, -0.15) is 5.10 Å². The minimum Gasteiger partial charge on any atom is -0.355 e. The van der Waals surface area contributed by atoms with E-state index in [9.17, 15) is 32.3 Å². The zero-order chi connectivity index (χ0) is 36.0. The Labute approximate surface area is 287 Å². The third-order valence-corrected chi connectivity index (χ3v) is 10.4. The SMILES string of the molecule is CC(=O)c1nn2c3c(cc(-c4cnc(C)nc4)cc13)CCCCCCC(=O)NC[C@@]13C[C@@H](C(=O)N[C@@H](C)COC(F)(F)F)N(C(=O)C2)C1C3C. The van der Waals surface area contributed by atoms with Crippen LogP contribution in [-0.2, 0) is 32.1 Å². The molecule has 1 aromatic carbocycles. The molecule has 1 saturated carbocycles. The highest BCUT2D eigenvalue weighted by Gasteiger charge is 2.72. The fourth-order valence-corrected chi connectivity index (χ4v) is 7.83. The van der Waals surface area contributed by atoms with Crippen LogP contribution in [0.3, 0.4) is 0 Å². The fraction of sp³-hybridized carbons (Fsp3) is 0.571. The third kappa shape index (κ3) is 7.10. The van der Waals surface area contributed by atoms with Gasteiger partial charge in [-0.1, -0.05) is 19.8 Å². The number of nitrogens with zero attached hydrogens (tertiary/aromatic N) is 5. The minimum atomic E-state index is -4.85. The van der Waals surface area contributed by atoms with E-state index in [1.165, 1.54) is 18.7 Å². The predicted molar refractivity (Wildman–Crippen MR) is 176 cm³/mol. The van der Waals surface area contributed by atoms with Gasteiger partial charge in [-0.25, -0.2) is 9.97 Å². The summed E-state index contributed by atoms with van der Waals surface area (Å²) < 4.78 is 43.5. The van der Waals surface area contributed by atoms with Gasteiger partial charge in [-0.05, 0) is 68.7 Å². The van der Waals surface area contributed by atoms with E-state index in [1.807, 2.05) is 19.1 Å². The number of aromatic nitrogens is 4. The van der Waals surface area contributed by atoms with E-state index in [0.717, 1.165) is 36.0 Å². The molecule has 1 saturated heterocycles. The predicted octanol–water partition coefficient (Wildman–Crippen LogP) is 4.27. The second-order valence-corrected chi connectivity index (χ2v) is 14.0. The fourth-order valence-electron chi connectivity index (χ4n) is 7.83. The zero-order valence-corrected chi connectivity index (χ0v) is 28.6. The summed E-state index contributed by atoms with van der Waals surface area (Å²) in [7, 11) is 0. The van der Waals surface area contributed by atoms with Crippen LogP contribution in [0.2, 0.25) is 0 Å². The second kappa shape index (κ2) is 13.7. The van der Waals surface area contributed by atoms with Crippen molar-refractivity contribution >= 4 is 34.4 Å². The van der Waals surface area contributed by atoms with E-state index in [4.69, 9.17) is 0 Å². The number of benzene rings is 1. The number of hydrogen-bond acceptors (Lipinski definition) is 8. The first kappa shape index (κ1) is 35.4. The summed E-state index contributed by atoms with van der Waals surface area (Å²) >= 11 is 0. The van der Waals surface area contributed by atoms with Crippen molar-refractivity contribution in [2.45, 2.75) is 104 Å². The average molecular weight is 698 g/mol. The Bertz CT molecular complexity index is 1810. The Hall–Kier alpha value is -4.40. The minimum absolute atomic E-state index is 0.0438. The Morgan fingerprint density at radius 1 is 1.10 bits per heavy atom. The molecule has 50 heavy (non-hydrogen) atoms. The van der Waals surface area contributed by atoms with Crippen molar-refractivity contribution in [3.05, 3.63) is 41.6 Å². The summed E-state index contributed by atoms with van der Waals surface area (Å²) in [6.45, 7) is 5.79. The van der Waals surface area contributed by atoms with Crippen molar-refractivity contribution in [3.63, 3.8) is 0 Å². The highest BCUT2D eigenvalue weighted by molar-refractivity contribution is 6.07. The van der Waals surface area contributed by atoms with Gasteiger partial charge < -0.3 is 15.5 Å². The lowest BCUT2D eigenvalue weighted by Crippen LogP contribution is -2.52. The summed E-state index contributed by atoms with van der Waals surface area (Å²) in [5, 5.41) is 10.9. The highest BCUT2D eigenvalue weighted by atomic mass is 19.4. The molecule has 2 aliphatic heterocycles. The summed E-state index contributed by atoms with van der Waals surface area (Å²) in [6, 6.07) is 1.51. The van der Waals surface area contributed by atoms with Crippen molar-refractivity contribution < 1.29 is 37.1 Å². The second-order valence-electron chi connectivity index (χ2n) is 14.0. The molecule has 2 aromatic heterocycles. The van der Waals surface area contributed by atoms with Gasteiger partial charge in [0.15, 0.2) is 5.78 Å². The van der Waals surface area contributed by atoms with Gasteiger partial charge in [0.2, 0.25) is 17.7 Å². The molecular weight excluding hydrogens is 655 g/mol. The normalized spacial score (nSPS) is 25.1. The van der Waals surface area contributed by atoms with Crippen molar-refractivity contribution in [1.82, 2.24) is 35.3 Å². The van der Waals surface area contributed by atoms with E-state index in [2.05, 4.69) is 30.4 Å². The number of nitrogens with one attached hydrogen (secondary N) is 2. The zero-order valence-electron chi connectivity index (χ0n) is 28.6. The smallest absolute Gasteiger partial charge is 0.355 e. The van der Waals surface area contributed by atoms with E-state index >= 15 is 0 Å². The quantitative estimate of drug-likeness (QED) is 0.363. The number of aryl methyl sites for hydroxylation is 2.